The minimum absolute atomic E-state index is 0.983. The lowest BCUT2D eigenvalue weighted by atomic mass is 9.97. The second kappa shape index (κ2) is 17.2. The first kappa shape index (κ1) is 36.9. The molecule has 268 valence electrons. The molecule has 9 aromatic rings. The molecule has 0 saturated heterocycles. The summed E-state index contributed by atoms with van der Waals surface area (Å²) in [6.45, 7) is 12.5. The summed E-state index contributed by atoms with van der Waals surface area (Å²) in [5.41, 5.74) is 12.0. The van der Waals surface area contributed by atoms with Crippen molar-refractivity contribution in [2.75, 3.05) is 0 Å². The summed E-state index contributed by atoms with van der Waals surface area (Å²) in [5, 5.41) is 4.79. The number of hydrogen-bond donors (Lipinski definition) is 0. The predicted molar refractivity (Wildman–Crippen MR) is 241 cm³/mol. The summed E-state index contributed by atoms with van der Waals surface area (Å²) >= 11 is 1.83. The van der Waals surface area contributed by atoms with Gasteiger partial charge in [0, 0.05) is 43.1 Å². The molecule has 0 spiro atoms. The van der Waals surface area contributed by atoms with E-state index in [4.69, 9.17) is 0 Å². The van der Waals surface area contributed by atoms with E-state index in [1.54, 1.807) is 0 Å². The maximum atomic E-state index is 4.66. The first-order chi connectivity index (χ1) is 27.1. The van der Waals surface area contributed by atoms with Crippen molar-refractivity contribution < 1.29 is 0 Å². The summed E-state index contributed by atoms with van der Waals surface area (Å²) in [5.74, 6) is 5.63. The topological polar surface area (TPSA) is 4.93 Å². The SMILES string of the molecule is C=c1c(=C(c2ccccc2)c2ccccc2)sc2ccc(-c3cccc(-n4c5ccccc5c5cc(-c6ccccc6)ccc54)c3)cc12.CC.CC#CCC. The Morgan fingerprint density at radius 2 is 1.09 bits per heavy atom. The average Bonchev–Trinajstić information content (AvgIpc) is 3.76. The number of hydrogen-bond acceptors (Lipinski definition) is 1. The fraction of sp³-hybridized carbons (Fsp3) is 0.0943. The standard InChI is InChI=1S/C46H31NS.C5H8.C2H6/c1-31-40-29-37(25-27-44(40)48-46(31)45(33-16-7-3-8-17-33)34-18-9-4-10-19-34)35-20-13-21-38(28-35)47-42-23-12-11-22-39(42)41-30-36(24-26-43(41)47)32-14-5-2-6-15-32;1-3-5-4-2;1-2/h2-30H,1H2;3H2,1-2H3;1-2H3. The van der Waals surface area contributed by atoms with Crippen LogP contribution in [0, 0.1) is 11.8 Å². The average molecular weight is 728 g/mol. The molecule has 2 heterocycles. The summed E-state index contributed by atoms with van der Waals surface area (Å²) in [6.07, 6.45) is 0.983. The van der Waals surface area contributed by atoms with Crippen molar-refractivity contribution in [3.05, 3.63) is 197 Å². The highest BCUT2D eigenvalue weighted by molar-refractivity contribution is 7.17. The van der Waals surface area contributed by atoms with E-state index in [1.807, 2.05) is 39.0 Å². The van der Waals surface area contributed by atoms with Crippen LogP contribution in [0.15, 0.2) is 176 Å². The van der Waals surface area contributed by atoms with Gasteiger partial charge >= 0.3 is 0 Å². The number of thiophene rings is 1. The molecule has 0 N–H and O–H groups in total. The summed E-state index contributed by atoms with van der Waals surface area (Å²) < 4.78 is 4.86. The van der Waals surface area contributed by atoms with Crippen LogP contribution >= 0.6 is 11.3 Å². The summed E-state index contributed by atoms with van der Waals surface area (Å²) in [6, 6.07) is 63.3. The van der Waals surface area contributed by atoms with Gasteiger partial charge in [0.2, 0.25) is 0 Å². The summed E-state index contributed by atoms with van der Waals surface area (Å²) in [4.78, 5) is 0. The molecule has 0 aliphatic rings. The Balaban J connectivity index is 0.000000618. The molecule has 1 nitrogen and oxygen atoms in total. The molecule has 2 aromatic heterocycles. The molecular formula is C53H45NS. The van der Waals surface area contributed by atoms with Gasteiger partial charge in [-0.3, -0.25) is 0 Å². The van der Waals surface area contributed by atoms with E-state index in [0.717, 1.165) is 17.3 Å². The van der Waals surface area contributed by atoms with Gasteiger partial charge in [-0.1, -0.05) is 161 Å². The van der Waals surface area contributed by atoms with E-state index in [0.29, 0.717) is 0 Å². The lowest BCUT2D eigenvalue weighted by Gasteiger charge is -2.11. The molecule has 7 aromatic carbocycles. The zero-order chi connectivity index (χ0) is 38.1. The van der Waals surface area contributed by atoms with Gasteiger partial charge in [-0.2, -0.15) is 0 Å². The largest absolute Gasteiger partial charge is 0.309 e. The van der Waals surface area contributed by atoms with Gasteiger partial charge in [-0.15, -0.1) is 23.2 Å². The van der Waals surface area contributed by atoms with Crippen molar-refractivity contribution in [1.29, 1.82) is 0 Å². The van der Waals surface area contributed by atoms with Crippen LogP contribution in [0.1, 0.15) is 45.2 Å². The highest BCUT2D eigenvalue weighted by Crippen LogP contribution is 2.36. The van der Waals surface area contributed by atoms with E-state index < -0.39 is 0 Å². The molecule has 0 unspecified atom stereocenters. The van der Waals surface area contributed by atoms with Crippen molar-refractivity contribution in [2.45, 2.75) is 34.1 Å². The molecule has 0 atom stereocenters. The minimum Gasteiger partial charge on any atom is -0.309 e. The second-order valence-electron chi connectivity index (χ2n) is 13.0. The molecule has 0 radical (unpaired) electrons. The van der Waals surface area contributed by atoms with Crippen molar-refractivity contribution in [2.24, 2.45) is 0 Å². The molecule has 2 heteroatoms. The van der Waals surface area contributed by atoms with Crippen molar-refractivity contribution >= 4 is 55.4 Å². The van der Waals surface area contributed by atoms with Crippen LogP contribution in [0.4, 0.5) is 0 Å². The Morgan fingerprint density at radius 3 is 1.75 bits per heavy atom. The number of para-hydroxylation sites is 1. The quantitative estimate of drug-likeness (QED) is 0.156. The fourth-order valence-electron chi connectivity index (χ4n) is 7.23. The van der Waals surface area contributed by atoms with E-state index in [-0.39, 0.29) is 0 Å². The molecule has 55 heavy (non-hydrogen) atoms. The van der Waals surface area contributed by atoms with Gasteiger partial charge in [0.1, 0.15) is 0 Å². The Hall–Kier alpha value is -6.40. The van der Waals surface area contributed by atoms with Crippen LogP contribution < -0.4 is 9.75 Å². The lowest BCUT2D eigenvalue weighted by Crippen LogP contribution is -2.21. The fourth-order valence-corrected chi connectivity index (χ4v) is 8.45. The molecule has 0 saturated carbocycles. The Labute approximate surface area is 329 Å². The maximum absolute atomic E-state index is 4.66. The third-order valence-electron chi connectivity index (χ3n) is 9.71. The van der Waals surface area contributed by atoms with Crippen LogP contribution in [0.5, 0.6) is 0 Å². The molecule has 0 bridgehead atoms. The number of rotatable bonds is 5. The van der Waals surface area contributed by atoms with E-state index in [9.17, 15) is 0 Å². The normalized spacial score (nSPS) is 10.5. The van der Waals surface area contributed by atoms with Gasteiger partial charge in [0.15, 0.2) is 0 Å². The van der Waals surface area contributed by atoms with E-state index >= 15 is 0 Å². The third-order valence-corrected chi connectivity index (χ3v) is 10.9. The first-order valence-electron chi connectivity index (χ1n) is 19.1. The van der Waals surface area contributed by atoms with Gasteiger partial charge in [0.05, 0.1) is 11.0 Å². The smallest absolute Gasteiger partial charge is 0.0541 e. The minimum atomic E-state index is 0.983. The zero-order valence-electron chi connectivity index (χ0n) is 32.0. The molecule has 0 amide bonds. The van der Waals surface area contributed by atoms with Crippen LogP contribution in [-0.4, -0.2) is 4.57 Å². The molecule has 0 aliphatic carbocycles. The van der Waals surface area contributed by atoms with Gasteiger partial charge < -0.3 is 4.57 Å². The van der Waals surface area contributed by atoms with Gasteiger partial charge in [-0.25, -0.2) is 0 Å². The molecule has 9 rings (SSSR count). The Morgan fingerprint density at radius 1 is 0.545 bits per heavy atom. The third kappa shape index (κ3) is 7.54. The van der Waals surface area contributed by atoms with Crippen LogP contribution in [0.3, 0.4) is 0 Å². The number of nitrogens with zero attached hydrogens (tertiary/aromatic N) is 1. The molecular weight excluding hydrogens is 683 g/mol. The molecule has 0 fully saturated rings. The molecule has 0 aliphatic heterocycles. The monoisotopic (exact) mass is 727 g/mol. The highest BCUT2D eigenvalue weighted by Gasteiger charge is 2.15. The van der Waals surface area contributed by atoms with E-state index in [1.165, 1.54) is 75.4 Å². The van der Waals surface area contributed by atoms with Crippen molar-refractivity contribution in [3.8, 4) is 39.8 Å². The van der Waals surface area contributed by atoms with Crippen LogP contribution in [0.2, 0.25) is 0 Å². The predicted octanol–water partition coefficient (Wildman–Crippen LogP) is 13.4. The first-order valence-corrected chi connectivity index (χ1v) is 19.9. The number of benzene rings is 7. The van der Waals surface area contributed by atoms with E-state index in [2.05, 4.69) is 199 Å². The highest BCUT2D eigenvalue weighted by atomic mass is 32.1. The Bertz CT molecular complexity index is 2840. The van der Waals surface area contributed by atoms with Crippen LogP contribution in [-0.2, 0) is 0 Å². The zero-order valence-corrected chi connectivity index (χ0v) is 32.8. The lowest BCUT2D eigenvalue weighted by molar-refractivity contribution is 1.18. The Kier molecular flexibility index (Phi) is 11.5. The second-order valence-corrected chi connectivity index (χ2v) is 14.1. The van der Waals surface area contributed by atoms with Gasteiger partial charge in [0.25, 0.3) is 0 Å². The van der Waals surface area contributed by atoms with Crippen molar-refractivity contribution in [1.82, 2.24) is 4.57 Å². The maximum Gasteiger partial charge on any atom is 0.0541 e. The van der Waals surface area contributed by atoms with Crippen molar-refractivity contribution in [3.63, 3.8) is 0 Å². The summed E-state index contributed by atoms with van der Waals surface area (Å²) in [7, 11) is 0. The van der Waals surface area contributed by atoms with Crippen LogP contribution in [0.25, 0.3) is 72.0 Å². The number of fused-ring (bicyclic) bond motifs is 4. The van der Waals surface area contributed by atoms with Gasteiger partial charge in [-0.05, 0) is 88.0 Å². The number of aromatic nitrogens is 1.